The van der Waals surface area contributed by atoms with E-state index in [2.05, 4.69) is 15.9 Å². The van der Waals surface area contributed by atoms with Gasteiger partial charge >= 0.3 is 0 Å². The van der Waals surface area contributed by atoms with E-state index in [9.17, 15) is 4.79 Å². The highest BCUT2D eigenvalue weighted by molar-refractivity contribution is 9.09. The van der Waals surface area contributed by atoms with Crippen LogP contribution in [0.1, 0.15) is 13.8 Å². The molecule has 3 nitrogen and oxygen atoms in total. The van der Waals surface area contributed by atoms with Crippen LogP contribution < -0.4 is 0 Å². The fourth-order valence-corrected chi connectivity index (χ4v) is 1.82. The molecule has 1 aliphatic heterocycles. The molecule has 1 fully saturated rings. The number of carbonyl (C=O) groups is 1. The van der Waals surface area contributed by atoms with Crippen molar-refractivity contribution in [3.8, 4) is 0 Å². The molecule has 1 amide bonds. The Kier molecular flexibility index (Phi) is 3.53. The first kappa shape index (κ1) is 9.99. The molecule has 1 saturated heterocycles. The SMILES string of the molecule is C[C@@H]1CN(C(=O)CBr)C[C@H](C)O1. The predicted molar refractivity (Wildman–Crippen MR) is 50.4 cm³/mol. The summed E-state index contributed by atoms with van der Waals surface area (Å²) in [6, 6.07) is 0. The molecule has 12 heavy (non-hydrogen) atoms. The molecule has 1 heterocycles. The highest BCUT2D eigenvalue weighted by Crippen LogP contribution is 2.10. The second kappa shape index (κ2) is 4.23. The molecule has 0 aromatic carbocycles. The minimum absolute atomic E-state index is 0.150. The summed E-state index contributed by atoms with van der Waals surface area (Å²) in [7, 11) is 0. The van der Waals surface area contributed by atoms with Gasteiger partial charge in [0.2, 0.25) is 5.91 Å². The lowest BCUT2D eigenvalue weighted by atomic mass is 10.2. The molecule has 0 bridgehead atoms. The zero-order chi connectivity index (χ0) is 9.14. The van der Waals surface area contributed by atoms with Crippen molar-refractivity contribution >= 4 is 21.8 Å². The Balaban J connectivity index is 2.49. The quantitative estimate of drug-likeness (QED) is 0.636. The van der Waals surface area contributed by atoms with Gasteiger partial charge in [0.15, 0.2) is 0 Å². The molecule has 1 rings (SSSR count). The number of halogens is 1. The lowest BCUT2D eigenvalue weighted by molar-refractivity contribution is -0.140. The van der Waals surface area contributed by atoms with Crippen LogP contribution in [0.5, 0.6) is 0 Å². The molecule has 4 heteroatoms. The summed E-state index contributed by atoms with van der Waals surface area (Å²) < 4.78 is 5.50. The summed E-state index contributed by atoms with van der Waals surface area (Å²) in [5.74, 6) is 0.150. The normalized spacial score (nSPS) is 30.4. The van der Waals surface area contributed by atoms with Crippen molar-refractivity contribution in [1.82, 2.24) is 4.90 Å². The smallest absolute Gasteiger partial charge is 0.233 e. The number of alkyl halides is 1. The Morgan fingerprint density at radius 3 is 2.42 bits per heavy atom. The maximum absolute atomic E-state index is 11.3. The second-order valence-electron chi connectivity index (χ2n) is 3.19. The number of rotatable bonds is 1. The van der Waals surface area contributed by atoms with Gasteiger partial charge in [-0.25, -0.2) is 0 Å². The summed E-state index contributed by atoms with van der Waals surface area (Å²) in [5, 5.41) is 0.409. The van der Waals surface area contributed by atoms with Crippen LogP contribution in [0.15, 0.2) is 0 Å². The Morgan fingerprint density at radius 2 is 2.00 bits per heavy atom. The predicted octanol–water partition coefficient (Wildman–Crippen LogP) is 1.02. The van der Waals surface area contributed by atoms with E-state index in [-0.39, 0.29) is 18.1 Å². The lowest BCUT2D eigenvalue weighted by Gasteiger charge is -2.35. The van der Waals surface area contributed by atoms with Gasteiger partial charge < -0.3 is 9.64 Å². The van der Waals surface area contributed by atoms with Crippen LogP contribution in [0.3, 0.4) is 0 Å². The topological polar surface area (TPSA) is 29.5 Å². The lowest BCUT2D eigenvalue weighted by Crippen LogP contribution is -2.48. The van der Waals surface area contributed by atoms with E-state index < -0.39 is 0 Å². The van der Waals surface area contributed by atoms with Crippen molar-refractivity contribution in [3.63, 3.8) is 0 Å². The number of morpholine rings is 1. The summed E-state index contributed by atoms with van der Waals surface area (Å²) in [4.78, 5) is 13.1. The Labute approximate surface area is 81.2 Å². The Bertz CT molecular complexity index is 164. The fourth-order valence-electron chi connectivity index (χ4n) is 1.47. The van der Waals surface area contributed by atoms with Gasteiger partial charge in [0.25, 0.3) is 0 Å². The minimum Gasteiger partial charge on any atom is -0.372 e. The fraction of sp³-hybridized carbons (Fsp3) is 0.875. The van der Waals surface area contributed by atoms with Crippen molar-refractivity contribution in [2.75, 3.05) is 18.4 Å². The average Bonchev–Trinajstić information content (AvgIpc) is 2.01. The Morgan fingerprint density at radius 1 is 1.50 bits per heavy atom. The molecule has 70 valence electrons. The molecule has 0 radical (unpaired) electrons. The highest BCUT2D eigenvalue weighted by atomic mass is 79.9. The molecule has 1 aliphatic rings. The van der Waals surface area contributed by atoms with Crippen LogP contribution in [0, 0.1) is 0 Å². The van der Waals surface area contributed by atoms with Gasteiger partial charge in [-0.15, -0.1) is 0 Å². The maximum atomic E-state index is 11.3. The van der Waals surface area contributed by atoms with E-state index >= 15 is 0 Å². The molecule has 0 spiro atoms. The van der Waals surface area contributed by atoms with E-state index in [0.717, 1.165) is 13.1 Å². The first-order valence-corrected chi connectivity index (χ1v) is 5.25. The van der Waals surface area contributed by atoms with Crippen molar-refractivity contribution < 1.29 is 9.53 Å². The standard InChI is InChI=1S/C8H14BrNO2/c1-6-4-10(8(11)3-9)5-7(2)12-6/h6-7H,3-5H2,1-2H3/t6-,7+. The van der Waals surface area contributed by atoms with E-state index in [1.807, 2.05) is 18.7 Å². The van der Waals surface area contributed by atoms with Crippen LogP contribution in [-0.2, 0) is 9.53 Å². The van der Waals surface area contributed by atoms with Crippen LogP contribution in [0.2, 0.25) is 0 Å². The van der Waals surface area contributed by atoms with Gasteiger partial charge in [-0.3, -0.25) is 4.79 Å². The first-order valence-electron chi connectivity index (χ1n) is 4.12. The third kappa shape index (κ3) is 2.45. The Hall–Kier alpha value is -0.0900. The van der Waals surface area contributed by atoms with Crippen LogP contribution in [0.25, 0.3) is 0 Å². The monoisotopic (exact) mass is 235 g/mol. The number of hydrogen-bond donors (Lipinski definition) is 0. The van der Waals surface area contributed by atoms with E-state index in [1.165, 1.54) is 0 Å². The summed E-state index contributed by atoms with van der Waals surface area (Å²) in [5.41, 5.74) is 0. The first-order chi connectivity index (χ1) is 5.63. The van der Waals surface area contributed by atoms with E-state index in [0.29, 0.717) is 5.33 Å². The number of carbonyl (C=O) groups excluding carboxylic acids is 1. The van der Waals surface area contributed by atoms with Crippen molar-refractivity contribution in [2.24, 2.45) is 0 Å². The zero-order valence-corrected chi connectivity index (χ0v) is 9.00. The molecule has 2 atom stereocenters. The third-order valence-corrected chi connectivity index (χ3v) is 2.37. The van der Waals surface area contributed by atoms with E-state index in [1.54, 1.807) is 0 Å². The second-order valence-corrected chi connectivity index (χ2v) is 3.75. The number of ether oxygens (including phenoxy) is 1. The van der Waals surface area contributed by atoms with Crippen molar-refractivity contribution in [2.45, 2.75) is 26.1 Å². The molecular weight excluding hydrogens is 222 g/mol. The van der Waals surface area contributed by atoms with Crippen LogP contribution in [-0.4, -0.2) is 41.4 Å². The van der Waals surface area contributed by atoms with Crippen molar-refractivity contribution in [1.29, 1.82) is 0 Å². The van der Waals surface area contributed by atoms with Crippen LogP contribution >= 0.6 is 15.9 Å². The minimum atomic E-state index is 0.150. The number of nitrogens with zero attached hydrogens (tertiary/aromatic N) is 1. The molecule has 0 aliphatic carbocycles. The largest absolute Gasteiger partial charge is 0.372 e. The van der Waals surface area contributed by atoms with Gasteiger partial charge in [0.05, 0.1) is 17.5 Å². The molecular formula is C8H14BrNO2. The highest BCUT2D eigenvalue weighted by Gasteiger charge is 2.24. The van der Waals surface area contributed by atoms with Gasteiger partial charge in [-0.05, 0) is 13.8 Å². The molecule has 0 unspecified atom stereocenters. The van der Waals surface area contributed by atoms with Crippen LogP contribution in [0.4, 0.5) is 0 Å². The van der Waals surface area contributed by atoms with Gasteiger partial charge in [-0.2, -0.15) is 0 Å². The maximum Gasteiger partial charge on any atom is 0.233 e. The summed E-state index contributed by atoms with van der Waals surface area (Å²) in [6.07, 6.45) is 0.327. The van der Waals surface area contributed by atoms with Gasteiger partial charge in [-0.1, -0.05) is 15.9 Å². The summed E-state index contributed by atoms with van der Waals surface area (Å²) >= 11 is 3.16. The van der Waals surface area contributed by atoms with E-state index in [4.69, 9.17) is 4.74 Å². The zero-order valence-electron chi connectivity index (χ0n) is 7.42. The number of hydrogen-bond acceptors (Lipinski definition) is 2. The molecule has 0 saturated carbocycles. The molecule has 0 aromatic heterocycles. The molecule has 0 N–H and O–H groups in total. The summed E-state index contributed by atoms with van der Waals surface area (Å²) in [6.45, 7) is 5.41. The molecule has 0 aromatic rings. The van der Waals surface area contributed by atoms with Crippen molar-refractivity contribution in [3.05, 3.63) is 0 Å². The van der Waals surface area contributed by atoms with Gasteiger partial charge in [0.1, 0.15) is 0 Å². The average molecular weight is 236 g/mol. The third-order valence-electron chi connectivity index (χ3n) is 1.89. The van der Waals surface area contributed by atoms with Gasteiger partial charge in [0, 0.05) is 13.1 Å². The number of amides is 1.